The maximum atomic E-state index is 13.3. The van der Waals surface area contributed by atoms with E-state index >= 15 is 0 Å². The lowest BCUT2D eigenvalue weighted by atomic mass is 10.2. The molecular formula is C13H12BrFN2O2. The molecule has 19 heavy (non-hydrogen) atoms. The molecule has 0 N–H and O–H groups in total. The summed E-state index contributed by atoms with van der Waals surface area (Å²) in [6.45, 7) is 2.34. The smallest absolute Gasteiger partial charge is 0.301 e. The molecule has 0 aliphatic rings. The van der Waals surface area contributed by atoms with Gasteiger partial charge in [0, 0.05) is 23.3 Å². The van der Waals surface area contributed by atoms with E-state index in [-0.39, 0.29) is 6.54 Å². The Bertz CT molecular complexity index is 701. The summed E-state index contributed by atoms with van der Waals surface area (Å²) >= 11 is 3.18. The first-order chi connectivity index (χ1) is 9.01. The minimum absolute atomic E-state index is 0.0505. The van der Waals surface area contributed by atoms with Crippen LogP contribution in [0.5, 0.6) is 0 Å². The van der Waals surface area contributed by atoms with Gasteiger partial charge in [-0.3, -0.25) is 9.36 Å². The van der Waals surface area contributed by atoms with Crippen LogP contribution < -0.4 is 11.2 Å². The maximum Gasteiger partial charge on any atom is 0.331 e. The van der Waals surface area contributed by atoms with Gasteiger partial charge in [-0.25, -0.2) is 9.18 Å². The van der Waals surface area contributed by atoms with Crippen LogP contribution in [0.1, 0.15) is 12.5 Å². The normalized spacial score (nSPS) is 10.7. The molecule has 4 nitrogen and oxygen atoms in total. The Morgan fingerprint density at radius 1 is 1.26 bits per heavy atom. The summed E-state index contributed by atoms with van der Waals surface area (Å²) in [5.74, 6) is -0.413. The van der Waals surface area contributed by atoms with Crippen LogP contribution in [-0.2, 0) is 13.1 Å². The first-order valence-electron chi connectivity index (χ1n) is 5.76. The molecule has 0 fully saturated rings. The molecule has 1 aromatic carbocycles. The number of aryl methyl sites for hydroxylation is 1. The molecule has 0 unspecified atom stereocenters. The number of hydrogen-bond acceptors (Lipinski definition) is 2. The molecule has 1 heterocycles. The third kappa shape index (κ3) is 3.01. The molecule has 0 bridgehead atoms. The van der Waals surface area contributed by atoms with Gasteiger partial charge >= 0.3 is 5.69 Å². The van der Waals surface area contributed by atoms with E-state index < -0.39 is 17.1 Å². The van der Waals surface area contributed by atoms with E-state index in [2.05, 4.69) is 15.9 Å². The lowest BCUT2D eigenvalue weighted by molar-refractivity contribution is 0.592. The van der Waals surface area contributed by atoms with Gasteiger partial charge < -0.3 is 4.57 Å². The summed E-state index contributed by atoms with van der Waals surface area (Å²) in [4.78, 5) is 23.7. The van der Waals surface area contributed by atoms with Crippen LogP contribution >= 0.6 is 15.9 Å². The second-order valence-electron chi connectivity index (χ2n) is 4.09. The van der Waals surface area contributed by atoms with E-state index in [0.717, 1.165) is 4.57 Å². The Balaban J connectivity index is 2.49. The topological polar surface area (TPSA) is 44.0 Å². The van der Waals surface area contributed by atoms with Crippen LogP contribution in [0.15, 0.2) is 44.5 Å². The zero-order valence-electron chi connectivity index (χ0n) is 10.3. The Kier molecular flexibility index (Phi) is 3.99. The average molecular weight is 327 g/mol. The van der Waals surface area contributed by atoms with Crippen molar-refractivity contribution in [2.75, 3.05) is 0 Å². The van der Waals surface area contributed by atoms with Crippen molar-refractivity contribution in [1.29, 1.82) is 0 Å². The second kappa shape index (κ2) is 5.52. The van der Waals surface area contributed by atoms with Gasteiger partial charge in [-0.05, 0) is 30.7 Å². The Morgan fingerprint density at radius 2 is 2.00 bits per heavy atom. The molecule has 2 aromatic rings. The maximum absolute atomic E-state index is 13.3. The molecule has 0 atom stereocenters. The van der Waals surface area contributed by atoms with Crippen molar-refractivity contribution in [3.05, 3.63) is 67.2 Å². The fourth-order valence-electron chi connectivity index (χ4n) is 1.83. The predicted molar refractivity (Wildman–Crippen MR) is 73.8 cm³/mol. The molecule has 0 saturated heterocycles. The molecule has 1 aromatic heterocycles. The third-order valence-corrected chi connectivity index (χ3v) is 3.20. The number of aromatic nitrogens is 2. The molecule has 0 aliphatic carbocycles. The SMILES string of the molecule is CCn1ccc(=O)n(Cc2cc(F)cc(Br)c2)c1=O. The van der Waals surface area contributed by atoms with Gasteiger partial charge in [0.1, 0.15) is 5.82 Å². The van der Waals surface area contributed by atoms with Gasteiger partial charge in [-0.15, -0.1) is 0 Å². The number of halogens is 2. The fourth-order valence-corrected chi connectivity index (χ4v) is 2.34. The minimum Gasteiger partial charge on any atom is -0.301 e. The molecule has 2 rings (SSSR count). The number of nitrogens with zero attached hydrogens (tertiary/aromatic N) is 2. The summed E-state index contributed by atoms with van der Waals surface area (Å²) in [7, 11) is 0. The van der Waals surface area contributed by atoms with Crippen molar-refractivity contribution in [3.8, 4) is 0 Å². The van der Waals surface area contributed by atoms with E-state index in [1.807, 2.05) is 6.92 Å². The summed E-state index contributed by atoms with van der Waals surface area (Å²) in [6.07, 6.45) is 1.46. The highest BCUT2D eigenvalue weighted by atomic mass is 79.9. The largest absolute Gasteiger partial charge is 0.331 e. The highest BCUT2D eigenvalue weighted by Gasteiger charge is 2.06. The van der Waals surface area contributed by atoms with Gasteiger partial charge in [-0.1, -0.05) is 15.9 Å². The van der Waals surface area contributed by atoms with E-state index in [1.54, 1.807) is 6.07 Å². The highest BCUT2D eigenvalue weighted by Crippen LogP contribution is 2.15. The zero-order chi connectivity index (χ0) is 14.0. The van der Waals surface area contributed by atoms with E-state index in [1.165, 1.54) is 29.0 Å². The van der Waals surface area contributed by atoms with Crippen LogP contribution in [-0.4, -0.2) is 9.13 Å². The second-order valence-corrected chi connectivity index (χ2v) is 5.00. The van der Waals surface area contributed by atoms with Gasteiger partial charge in [0.25, 0.3) is 5.56 Å². The molecule has 0 spiro atoms. The van der Waals surface area contributed by atoms with Crippen molar-refractivity contribution < 1.29 is 4.39 Å². The zero-order valence-corrected chi connectivity index (χ0v) is 11.9. The molecule has 0 amide bonds. The Labute approximate surface area is 117 Å². The molecular weight excluding hydrogens is 315 g/mol. The first kappa shape index (κ1) is 13.7. The molecule has 100 valence electrons. The summed E-state index contributed by atoms with van der Waals surface area (Å²) in [5.41, 5.74) is -0.231. The van der Waals surface area contributed by atoms with E-state index in [4.69, 9.17) is 0 Å². The lowest BCUT2D eigenvalue weighted by Gasteiger charge is -2.08. The minimum atomic E-state index is -0.413. The quantitative estimate of drug-likeness (QED) is 0.865. The van der Waals surface area contributed by atoms with Gasteiger partial charge in [0.2, 0.25) is 0 Å². The highest BCUT2D eigenvalue weighted by molar-refractivity contribution is 9.10. The predicted octanol–water partition coefficient (Wildman–Crippen LogP) is 1.98. The third-order valence-electron chi connectivity index (χ3n) is 2.74. The standard InChI is InChI=1S/C13H12BrFN2O2/c1-2-16-4-3-12(18)17(13(16)19)8-9-5-10(14)7-11(15)6-9/h3-7H,2,8H2,1H3. The fraction of sp³-hybridized carbons (Fsp3) is 0.231. The molecule has 0 aliphatic heterocycles. The summed E-state index contributed by atoms with van der Waals surface area (Å²) < 4.78 is 16.4. The van der Waals surface area contributed by atoms with Gasteiger partial charge in [-0.2, -0.15) is 0 Å². The van der Waals surface area contributed by atoms with Crippen molar-refractivity contribution in [2.45, 2.75) is 20.0 Å². The van der Waals surface area contributed by atoms with E-state index in [9.17, 15) is 14.0 Å². The number of rotatable bonds is 3. The van der Waals surface area contributed by atoms with Crippen molar-refractivity contribution in [2.24, 2.45) is 0 Å². The number of benzene rings is 1. The molecule has 6 heteroatoms. The monoisotopic (exact) mass is 326 g/mol. The molecule has 0 saturated carbocycles. The molecule has 0 radical (unpaired) electrons. The van der Waals surface area contributed by atoms with Crippen LogP contribution in [0.4, 0.5) is 4.39 Å². The lowest BCUT2D eigenvalue weighted by Crippen LogP contribution is -2.39. The first-order valence-corrected chi connectivity index (χ1v) is 6.56. The van der Waals surface area contributed by atoms with Crippen LogP contribution in [0, 0.1) is 5.82 Å². The van der Waals surface area contributed by atoms with E-state index in [0.29, 0.717) is 16.6 Å². The Hall–Kier alpha value is -1.69. The van der Waals surface area contributed by atoms with Crippen molar-refractivity contribution >= 4 is 15.9 Å². The average Bonchev–Trinajstić information content (AvgIpc) is 2.33. The van der Waals surface area contributed by atoms with Gasteiger partial charge in [0.15, 0.2) is 0 Å². The van der Waals surface area contributed by atoms with Crippen LogP contribution in [0.2, 0.25) is 0 Å². The van der Waals surface area contributed by atoms with Crippen LogP contribution in [0.3, 0.4) is 0 Å². The van der Waals surface area contributed by atoms with Crippen molar-refractivity contribution in [3.63, 3.8) is 0 Å². The van der Waals surface area contributed by atoms with Crippen molar-refractivity contribution in [1.82, 2.24) is 9.13 Å². The summed E-state index contributed by atoms with van der Waals surface area (Å²) in [6, 6.07) is 5.64. The summed E-state index contributed by atoms with van der Waals surface area (Å²) in [5, 5.41) is 0. The Morgan fingerprint density at radius 3 is 2.63 bits per heavy atom. The number of hydrogen-bond donors (Lipinski definition) is 0. The van der Waals surface area contributed by atoms with Crippen LogP contribution in [0.25, 0.3) is 0 Å². The van der Waals surface area contributed by atoms with Gasteiger partial charge in [0.05, 0.1) is 6.54 Å².